The Morgan fingerprint density at radius 2 is 1.95 bits per heavy atom. The Morgan fingerprint density at radius 1 is 1.32 bits per heavy atom. The Labute approximate surface area is 111 Å². The van der Waals surface area contributed by atoms with Crippen LogP contribution in [0.2, 0.25) is 0 Å². The summed E-state index contributed by atoms with van der Waals surface area (Å²) in [5, 5.41) is 21.1. The van der Waals surface area contributed by atoms with Gasteiger partial charge in [-0.1, -0.05) is 6.92 Å². The monoisotopic (exact) mass is 266 g/mol. The first-order valence-corrected chi connectivity index (χ1v) is 5.85. The van der Waals surface area contributed by atoms with Gasteiger partial charge >= 0.3 is 0 Å². The molecule has 2 amide bonds. The topological polar surface area (TPSA) is 89.9 Å². The molecule has 1 rings (SSSR count). The zero-order chi connectivity index (χ0) is 14.6. The summed E-state index contributed by atoms with van der Waals surface area (Å²) in [7, 11) is 3.12. The van der Waals surface area contributed by atoms with Crippen molar-refractivity contribution in [2.75, 3.05) is 20.6 Å². The molecule has 0 spiro atoms. The van der Waals surface area contributed by atoms with Gasteiger partial charge in [-0.05, 0) is 18.2 Å². The minimum Gasteiger partial charge on any atom is -0.504 e. The molecule has 0 heterocycles. The van der Waals surface area contributed by atoms with Crippen LogP contribution in [0.5, 0.6) is 11.5 Å². The summed E-state index contributed by atoms with van der Waals surface area (Å²) in [6, 6.07) is 3.86. The highest BCUT2D eigenvalue weighted by Crippen LogP contribution is 2.25. The van der Waals surface area contributed by atoms with E-state index in [1.165, 1.54) is 23.1 Å². The molecule has 0 saturated carbocycles. The van der Waals surface area contributed by atoms with Crippen LogP contribution in [-0.2, 0) is 4.79 Å². The van der Waals surface area contributed by atoms with E-state index in [9.17, 15) is 19.8 Å². The molecule has 3 N–H and O–H groups in total. The Balaban J connectivity index is 2.76. The first-order chi connectivity index (χ1) is 8.86. The number of benzene rings is 1. The first-order valence-electron chi connectivity index (χ1n) is 5.85. The number of carbonyl (C=O) groups excluding carboxylic acids is 2. The van der Waals surface area contributed by atoms with Crippen LogP contribution in [0.25, 0.3) is 0 Å². The lowest BCUT2D eigenvalue weighted by Gasteiger charge is -2.21. The standard InChI is InChI=1S/C13H18N2O4/c1-8(12(18)14-2)7-15(3)13(19)9-4-5-10(16)11(17)6-9/h4-6,8,16-17H,7H2,1-3H3,(H,14,18). The molecule has 6 heteroatoms. The molecule has 19 heavy (non-hydrogen) atoms. The Kier molecular flexibility index (Phi) is 4.74. The van der Waals surface area contributed by atoms with E-state index in [-0.39, 0.29) is 41.3 Å². The van der Waals surface area contributed by atoms with Crippen LogP contribution >= 0.6 is 0 Å². The van der Waals surface area contributed by atoms with Gasteiger partial charge in [0.15, 0.2) is 11.5 Å². The number of aromatic hydroxyl groups is 2. The van der Waals surface area contributed by atoms with Gasteiger partial charge in [0.25, 0.3) is 5.91 Å². The van der Waals surface area contributed by atoms with Crippen molar-refractivity contribution in [3.63, 3.8) is 0 Å². The van der Waals surface area contributed by atoms with E-state index in [2.05, 4.69) is 5.32 Å². The van der Waals surface area contributed by atoms with Gasteiger partial charge in [-0.3, -0.25) is 9.59 Å². The molecule has 0 radical (unpaired) electrons. The van der Waals surface area contributed by atoms with Crippen LogP contribution in [0.3, 0.4) is 0 Å². The summed E-state index contributed by atoms with van der Waals surface area (Å²) < 4.78 is 0. The minimum atomic E-state index is -0.349. The van der Waals surface area contributed by atoms with E-state index in [4.69, 9.17) is 0 Å². The van der Waals surface area contributed by atoms with E-state index in [1.807, 2.05) is 0 Å². The van der Waals surface area contributed by atoms with Crippen molar-refractivity contribution < 1.29 is 19.8 Å². The Bertz CT molecular complexity index is 488. The molecular formula is C13H18N2O4. The van der Waals surface area contributed by atoms with Gasteiger partial charge in [0.2, 0.25) is 5.91 Å². The molecule has 104 valence electrons. The fourth-order valence-electron chi connectivity index (χ4n) is 1.70. The molecule has 6 nitrogen and oxygen atoms in total. The van der Waals surface area contributed by atoms with Crippen LogP contribution < -0.4 is 5.32 Å². The predicted octanol–water partition coefficient (Wildman–Crippen LogP) is 0.552. The third-order valence-electron chi connectivity index (χ3n) is 2.81. The average Bonchev–Trinajstić information content (AvgIpc) is 2.39. The summed E-state index contributed by atoms with van der Waals surface area (Å²) in [5.74, 6) is -1.43. The molecule has 1 aromatic rings. The molecule has 0 aromatic heterocycles. The van der Waals surface area contributed by atoms with E-state index in [1.54, 1.807) is 21.0 Å². The zero-order valence-corrected chi connectivity index (χ0v) is 11.2. The number of carbonyl (C=O) groups is 2. The fraction of sp³-hybridized carbons (Fsp3) is 0.385. The SMILES string of the molecule is CNC(=O)C(C)CN(C)C(=O)c1ccc(O)c(O)c1. The van der Waals surface area contributed by atoms with Gasteiger partial charge in [0, 0.05) is 26.2 Å². The predicted molar refractivity (Wildman–Crippen MR) is 70.0 cm³/mol. The zero-order valence-electron chi connectivity index (χ0n) is 11.2. The fourth-order valence-corrected chi connectivity index (χ4v) is 1.70. The number of nitrogens with zero attached hydrogens (tertiary/aromatic N) is 1. The lowest BCUT2D eigenvalue weighted by atomic mass is 10.1. The van der Waals surface area contributed by atoms with Crippen LogP contribution in [0, 0.1) is 5.92 Å². The number of nitrogens with one attached hydrogen (secondary N) is 1. The molecule has 0 aliphatic rings. The van der Waals surface area contributed by atoms with Crippen molar-refractivity contribution >= 4 is 11.8 Å². The molecule has 0 bridgehead atoms. The molecule has 0 saturated heterocycles. The van der Waals surface area contributed by atoms with Crippen molar-refractivity contribution in [2.45, 2.75) is 6.92 Å². The highest BCUT2D eigenvalue weighted by Gasteiger charge is 2.19. The van der Waals surface area contributed by atoms with Crippen molar-refractivity contribution in [2.24, 2.45) is 5.92 Å². The highest BCUT2D eigenvalue weighted by atomic mass is 16.3. The van der Waals surface area contributed by atoms with Gasteiger partial charge in [-0.2, -0.15) is 0 Å². The number of hydrogen-bond donors (Lipinski definition) is 3. The van der Waals surface area contributed by atoms with Crippen LogP contribution in [0.1, 0.15) is 17.3 Å². The largest absolute Gasteiger partial charge is 0.504 e. The van der Waals surface area contributed by atoms with Crippen molar-refractivity contribution in [3.05, 3.63) is 23.8 Å². The maximum atomic E-state index is 12.1. The van der Waals surface area contributed by atoms with E-state index in [0.717, 1.165) is 0 Å². The summed E-state index contributed by atoms with van der Waals surface area (Å²) in [6.07, 6.45) is 0. The molecule has 0 aliphatic carbocycles. The number of amides is 2. The smallest absolute Gasteiger partial charge is 0.253 e. The number of phenols is 2. The van der Waals surface area contributed by atoms with E-state index >= 15 is 0 Å². The third-order valence-corrected chi connectivity index (χ3v) is 2.81. The summed E-state index contributed by atoms with van der Waals surface area (Å²) in [5.41, 5.74) is 0.252. The Morgan fingerprint density at radius 3 is 2.47 bits per heavy atom. The lowest BCUT2D eigenvalue weighted by Crippen LogP contribution is -2.37. The minimum absolute atomic E-state index is 0.145. The van der Waals surface area contributed by atoms with E-state index in [0.29, 0.717) is 0 Å². The third kappa shape index (κ3) is 3.61. The molecule has 1 unspecified atom stereocenters. The van der Waals surface area contributed by atoms with Crippen LogP contribution in [0.15, 0.2) is 18.2 Å². The van der Waals surface area contributed by atoms with Gasteiger partial charge < -0.3 is 20.4 Å². The van der Waals surface area contributed by atoms with Gasteiger partial charge in [-0.15, -0.1) is 0 Å². The average molecular weight is 266 g/mol. The number of hydrogen-bond acceptors (Lipinski definition) is 4. The summed E-state index contributed by atoms with van der Waals surface area (Å²) >= 11 is 0. The first kappa shape index (κ1) is 14.8. The number of phenolic OH excluding ortho intramolecular Hbond substituents is 2. The molecule has 1 atom stereocenters. The normalized spacial score (nSPS) is 11.7. The maximum absolute atomic E-state index is 12.1. The molecule has 1 aromatic carbocycles. The second kappa shape index (κ2) is 6.08. The van der Waals surface area contributed by atoms with Gasteiger partial charge in [0.05, 0.1) is 5.92 Å². The quantitative estimate of drug-likeness (QED) is 0.694. The second-order valence-electron chi connectivity index (χ2n) is 4.40. The Hall–Kier alpha value is -2.24. The van der Waals surface area contributed by atoms with Crippen LogP contribution in [-0.4, -0.2) is 47.6 Å². The van der Waals surface area contributed by atoms with E-state index < -0.39 is 0 Å². The number of rotatable bonds is 4. The second-order valence-corrected chi connectivity index (χ2v) is 4.40. The van der Waals surface area contributed by atoms with Gasteiger partial charge in [-0.25, -0.2) is 0 Å². The lowest BCUT2D eigenvalue weighted by molar-refractivity contribution is -0.124. The summed E-state index contributed by atoms with van der Waals surface area (Å²) in [6.45, 7) is 1.98. The highest BCUT2D eigenvalue weighted by molar-refractivity contribution is 5.95. The molecule has 0 aliphatic heterocycles. The molecule has 0 fully saturated rings. The van der Waals surface area contributed by atoms with Crippen LogP contribution in [0.4, 0.5) is 0 Å². The summed E-state index contributed by atoms with van der Waals surface area (Å²) in [4.78, 5) is 24.8. The molecular weight excluding hydrogens is 248 g/mol. The van der Waals surface area contributed by atoms with Gasteiger partial charge in [0.1, 0.15) is 0 Å². The van der Waals surface area contributed by atoms with Crippen molar-refractivity contribution in [1.82, 2.24) is 10.2 Å². The van der Waals surface area contributed by atoms with Crippen molar-refractivity contribution in [3.8, 4) is 11.5 Å². The van der Waals surface area contributed by atoms with Crippen molar-refractivity contribution in [1.29, 1.82) is 0 Å². The maximum Gasteiger partial charge on any atom is 0.253 e.